The van der Waals surface area contributed by atoms with Gasteiger partial charge in [0, 0.05) is 30.3 Å². The van der Waals surface area contributed by atoms with E-state index in [-0.39, 0.29) is 42.7 Å². The molecule has 0 aliphatic heterocycles. The Labute approximate surface area is 213 Å². The highest BCUT2D eigenvalue weighted by atomic mass is 32.2. The van der Waals surface area contributed by atoms with E-state index in [2.05, 4.69) is 15.6 Å². The number of benzene rings is 2. The van der Waals surface area contributed by atoms with Crippen LogP contribution in [0.2, 0.25) is 0 Å². The molecule has 0 saturated heterocycles. The highest BCUT2D eigenvalue weighted by Crippen LogP contribution is 2.34. The number of rotatable bonds is 9. The molecular weight excluding hydrogens is 496 g/mol. The summed E-state index contributed by atoms with van der Waals surface area (Å²) in [6.07, 6.45) is 1.60. The van der Waals surface area contributed by atoms with E-state index in [0.717, 1.165) is 11.8 Å². The van der Waals surface area contributed by atoms with Gasteiger partial charge in [-0.2, -0.15) is 0 Å². The van der Waals surface area contributed by atoms with Gasteiger partial charge in [0.25, 0.3) is 11.4 Å². The zero-order valence-electron chi connectivity index (χ0n) is 20.0. The standard InChI is InChI=1S/C26H26N4O6S/c1-37(34,35)17-27-12-13-28-26(33)36-24-23(31)21-14-20(19-10-6-3-7-11-19)25(32)30(22(21)15-29-24)16-18-8-4-2-5-9-18/h2-11,14-15,27,31H,12-13,16-17H2,1H3,(H,28,33). The summed E-state index contributed by atoms with van der Waals surface area (Å²) in [5, 5.41) is 16.4. The van der Waals surface area contributed by atoms with Crippen molar-refractivity contribution >= 4 is 26.8 Å². The van der Waals surface area contributed by atoms with Gasteiger partial charge in [-0.3, -0.25) is 4.79 Å². The summed E-state index contributed by atoms with van der Waals surface area (Å²) in [6, 6.07) is 20.1. The van der Waals surface area contributed by atoms with Crippen LogP contribution in [0.3, 0.4) is 0 Å². The molecule has 192 valence electrons. The van der Waals surface area contributed by atoms with E-state index in [9.17, 15) is 23.1 Å². The molecular formula is C26H26N4O6S. The molecule has 11 heteroatoms. The van der Waals surface area contributed by atoms with Crippen LogP contribution in [0.25, 0.3) is 22.0 Å². The second kappa shape index (κ2) is 11.2. The zero-order valence-corrected chi connectivity index (χ0v) is 20.9. The zero-order chi connectivity index (χ0) is 26.4. The van der Waals surface area contributed by atoms with Crippen LogP contribution in [0.4, 0.5) is 4.79 Å². The Bertz CT molecular complexity index is 1570. The van der Waals surface area contributed by atoms with E-state index in [1.54, 1.807) is 18.2 Å². The van der Waals surface area contributed by atoms with Gasteiger partial charge in [-0.25, -0.2) is 18.2 Å². The molecule has 0 spiro atoms. The lowest BCUT2D eigenvalue weighted by Crippen LogP contribution is -2.35. The summed E-state index contributed by atoms with van der Waals surface area (Å²) in [5.41, 5.74) is 2.06. The highest BCUT2D eigenvalue weighted by Gasteiger charge is 2.19. The number of carbonyl (C=O) groups is 1. The number of carbonyl (C=O) groups excluding carboxylic acids is 1. The van der Waals surface area contributed by atoms with E-state index in [0.29, 0.717) is 22.0 Å². The molecule has 1 amide bonds. The molecule has 0 bridgehead atoms. The van der Waals surface area contributed by atoms with Crippen molar-refractivity contribution in [1.29, 1.82) is 0 Å². The Kier molecular flexibility index (Phi) is 7.85. The van der Waals surface area contributed by atoms with Gasteiger partial charge < -0.3 is 25.0 Å². The first kappa shape index (κ1) is 25.9. The average molecular weight is 523 g/mol. The fourth-order valence-electron chi connectivity index (χ4n) is 3.76. The number of hydrogen-bond acceptors (Lipinski definition) is 8. The molecule has 0 unspecified atom stereocenters. The van der Waals surface area contributed by atoms with Gasteiger partial charge in [-0.15, -0.1) is 0 Å². The topological polar surface area (TPSA) is 140 Å². The quantitative estimate of drug-likeness (QED) is 0.285. The van der Waals surface area contributed by atoms with E-state index in [4.69, 9.17) is 4.74 Å². The maximum absolute atomic E-state index is 13.5. The molecule has 0 radical (unpaired) electrons. The predicted molar refractivity (Wildman–Crippen MR) is 140 cm³/mol. The number of aromatic nitrogens is 2. The number of hydrogen-bond donors (Lipinski definition) is 3. The molecule has 3 N–H and O–H groups in total. The summed E-state index contributed by atoms with van der Waals surface area (Å²) >= 11 is 0. The second-order valence-corrected chi connectivity index (χ2v) is 10.5. The normalized spacial score (nSPS) is 11.4. The van der Waals surface area contributed by atoms with Crippen LogP contribution < -0.4 is 20.9 Å². The first-order chi connectivity index (χ1) is 17.7. The molecule has 4 aromatic rings. The monoisotopic (exact) mass is 522 g/mol. The van der Waals surface area contributed by atoms with Crippen LogP contribution >= 0.6 is 0 Å². The van der Waals surface area contributed by atoms with Gasteiger partial charge in [0.05, 0.1) is 24.1 Å². The van der Waals surface area contributed by atoms with E-state index >= 15 is 0 Å². The van der Waals surface area contributed by atoms with Crippen LogP contribution in [-0.4, -0.2) is 54.4 Å². The molecule has 37 heavy (non-hydrogen) atoms. The van der Waals surface area contributed by atoms with Crippen LogP contribution in [0.5, 0.6) is 11.6 Å². The SMILES string of the molecule is CS(=O)(=O)CNCCNC(=O)Oc1ncc2c(cc(-c3ccccc3)c(=O)n2Cc2ccccc2)c1O. The fourth-order valence-corrected chi connectivity index (χ4v) is 4.28. The fraction of sp³-hybridized carbons (Fsp3) is 0.192. The van der Waals surface area contributed by atoms with E-state index < -0.39 is 15.9 Å². The Morgan fingerprint density at radius 2 is 1.73 bits per heavy atom. The van der Waals surface area contributed by atoms with Crippen molar-refractivity contribution in [2.45, 2.75) is 6.54 Å². The summed E-state index contributed by atoms with van der Waals surface area (Å²) in [4.78, 5) is 29.8. The van der Waals surface area contributed by atoms with Gasteiger partial charge in [0.2, 0.25) is 0 Å². The number of ether oxygens (including phenoxy) is 1. The first-order valence-corrected chi connectivity index (χ1v) is 13.5. The number of nitrogens with zero attached hydrogens (tertiary/aromatic N) is 2. The predicted octanol–water partition coefficient (Wildman–Crippen LogP) is 2.50. The summed E-state index contributed by atoms with van der Waals surface area (Å²) in [6.45, 7) is 0.544. The van der Waals surface area contributed by atoms with Gasteiger partial charge in [-0.1, -0.05) is 60.7 Å². The van der Waals surface area contributed by atoms with Gasteiger partial charge in [0.15, 0.2) is 15.6 Å². The summed E-state index contributed by atoms with van der Waals surface area (Å²) in [7, 11) is -3.17. The largest absolute Gasteiger partial charge is 0.503 e. The van der Waals surface area contributed by atoms with Gasteiger partial charge in [0.1, 0.15) is 0 Å². The van der Waals surface area contributed by atoms with Crippen molar-refractivity contribution in [2.24, 2.45) is 0 Å². The number of pyridine rings is 2. The van der Waals surface area contributed by atoms with E-state index in [1.807, 2.05) is 48.5 Å². The van der Waals surface area contributed by atoms with Gasteiger partial charge >= 0.3 is 6.09 Å². The van der Waals surface area contributed by atoms with Crippen molar-refractivity contribution in [3.63, 3.8) is 0 Å². The summed E-state index contributed by atoms with van der Waals surface area (Å²) in [5.74, 6) is -0.926. The van der Waals surface area contributed by atoms with E-state index in [1.165, 1.54) is 10.8 Å². The number of fused-ring (bicyclic) bond motifs is 1. The van der Waals surface area contributed by atoms with Crippen molar-refractivity contribution in [3.05, 3.63) is 88.8 Å². The maximum atomic E-state index is 13.5. The van der Waals surface area contributed by atoms with Crippen molar-refractivity contribution < 1.29 is 23.1 Å². The molecule has 10 nitrogen and oxygen atoms in total. The lowest BCUT2D eigenvalue weighted by Gasteiger charge is -2.15. The van der Waals surface area contributed by atoms with Crippen LogP contribution in [0, 0.1) is 0 Å². The van der Waals surface area contributed by atoms with Crippen molar-refractivity contribution in [3.8, 4) is 22.8 Å². The minimum atomic E-state index is -3.17. The lowest BCUT2D eigenvalue weighted by molar-refractivity contribution is 0.196. The number of aromatic hydroxyl groups is 1. The molecule has 0 aliphatic rings. The van der Waals surface area contributed by atoms with Crippen LogP contribution in [0.15, 0.2) is 77.7 Å². The number of amides is 1. The maximum Gasteiger partial charge on any atom is 0.414 e. The lowest BCUT2D eigenvalue weighted by atomic mass is 10.0. The minimum Gasteiger partial charge on any atom is -0.503 e. The number of sulfone groups is 1. The highest BCUT2D eigenvalue weighted by molar-refractivity contribution is 7.90. The molecule has 0 aliphatic carbocycles. The Hall–Kier alpha value is -4.22. The molecule has 4 rings (SSSR count). The Morgan fingerprint density at radius 1 is 1.05 bits per heavy atom. The Balaban J connectivity index is 1.65. The molecule has 2 heterocycles. The van der Waals surface area contributed by atoms with Crippen LogP contribution in [0.1, 0.15) is 5.56 Å². The Morgan fingerprint density at radius 3 is 2.41 bits per heavy atom. The third-order valence-corrected chi connectivity index (χ3v) is 6.21. The van der Waals surface area contributed by atoms with Crippen LogP contribution in [-0.2, 0) is 16.4 Å². The average Bonchev–Trinajstić information content (AvgIpc) is 2.87. The third-order valence-electron chi connectivity index (χ3n) is 5.49. The molecule has 2 aromatic heterocycles. The second-order valence-electron chi connectivity index (χ2n) is 8.40. The summed E-state index contributed by atoms with van der Waals surface area (Å²) < 4.78 is 29.0. The molecule has 2 aromatic carbocycles. The van der Waals surface area contributed by atoms with Gasteiger partial charge in [-0.05, 0) is 17.2 Å². The smallest absolute Gasteiger partial charge is 0.414 e. The van der Waals surface area contributed by atoms with Crippen molar-refractivity contribution in [2.75, 3.05) is 25.2 Å². The molecule has 0 atom stereocenters. The molecule has 0 fully saturated rings. The third kappa shape index (κ3) is 6.51. The first-order valence-electron chi connectivity index (χ1n) is 11.4. The molecule has 0 saturated carbocycles. The number of nitrogens with one attached hydrogen (secondary N) is 2. The van der Waals surface area contributed by atoms with Crippen molar-refractivity contribution in [1.82, 2.24) is 20.2 Å². The minimum absolute atomic E-state index is 0.0947.